The molecule has 16 heavy (non-hydrogen) atoms. The quantitative estimate of drug-likeness (QED) is 0.426. The van der Waals surface area contributed by atoms with Gasteiger partial charge in [0.2, 0.25) is 0 Å². The summed E-state index contributed by atoms with van der Waals surface area (Å²) in [6, 6.07) is 3.56. The lowest BCUT2D eigenvalue weighted by atomic mass is 10.1. The summed E-state index contributed by atoms with van der Waals surface area (Å²) in [5.74, 6) is -1.09. The first-order valence-electron chi connectivity index (χ1n) is 4.35. The van der Waals surface area contributed by atoms with Crippen molar-refractivity contribution in [1.82, 2.24) is 4.90 Å². The Balaban J connectivity index is 2.60. The van der Waals surface area contributed by atoms with Gasteiger partial charge < -0.3 is 0 Å². The molecule has 0 aromatic heterocycles. The molecule has 0 N–H and O–H groups in total. The average Bonchev–Trinajstić information content (AvgIpc) is 2.51. The first kappa shape index (κ1) is 10.0. The number of amides is 2. The second kappa shape index (κ2) is 3.27. The van der Waals surface area contributed by atoms with Crippen LogP contribution in [-0.2, 0) is 0 Å². The zero-order valence-corrected chi connectivity index (χ0v) is 8.04. The number of hydrogen-bond donors (Lipinski definition) is 0. The highest BCUT2D eigenvalue weighted by atomic mass is 16.6. The number of non-ortho nitro benzene ring substituents is 1. The number of hydrogen-bond acceptors (Lipinski definition) is 4. The zero-order valence-electron chi connectivity index (χ0n) is 8.04. The number of benzene rings is 1. The lowest BCUT2D eigenvalue weighted by molar-refractivity contribution is -0.384. The number of imide groups is 1. The van der Waals surface area contributed by atoms with Crippen LogP contribution in [0, 0.1) is 10.1 Å². The van der Waals surface area contributed by atoms with Crippen molar-refractivity contribution in [1.29, 1.82) is 0 Å². The second-order valence-electron chi connectivity index (χ2n) is 3.15. The third-order valence-corrected chi connectivity index (χ3v) is 2.29. The summed E-state index contributed by atoms with van der Waals surface area (Å²) in [4.78, 5) is 33.9. The first-order chi connectivity index (χ1) is 7.56. The molecular formula is C10H6N2O4. The molecule has 0 spiro atoms. The molecule has 1 heterocycles. The number of rotatable bonds is 2. The van der Waals surface area contributed by atoms with Gasteiger partial charge in [-0.15, -0.1) is 0 Å². The van der Waals surface area contributed by atoms with E-state index in [1.807, 2.05) is 0 Å². The van der Waals surface area contributed by atoms with Crippen LogP contribution in [0.2, 0.25) is 0 Å². The van der Waals surface area contributed by atoms with Crippen LogP contribution in [0.1, 0.15) is 20.7 Å². The molecule has 1 aliphatic heterocycles. The summed E-state index contributed by atoms with van der Waals surface area (Å²) >= 11 is 0. The fourth-order valence-electron chi connectivity index (χ4n) is 1.53. The third-order valence-electron chi connectivity index (χ3n) is 2.29. The largest absolute Gasteiger partial charge is 0.270 e. The summed E-state index contributed by atoms with van der Waals surface area (Å²) in [6.07, 6.45) is 1.09. The van der Waals surface area contributed by atoms with Crippen molar-refractivity contribution in [2.45, 2.75) is 0 Å². The topological polar surface area (TPSA) is 80.5 Å². The van der Waals surface area contributed by atoms with Crippen molar-refractivity contribution in [2.24, 2.45) is 0 Å². The van der Waals surface area contributed by atoms with Crippen molar-refractivity contribution in [3.05, 3.63) is 52.2 Å². The van der Waals surface area contributed by atoms with E-state index >= 15 is 0 Å². The molecule has 0 saturated heterocycles. The number of fused-ring (bicyclic) bond motifs is 1. The van der Waals surface area contributed by atoms with E-state index in [1.54, 1.807) is 0 Å². The minimum Gasteiger partial charge on any atom is -0.268 e. The van der Waals surface area contributed by atoms with Gasteiger partial charge in [0.1, 0.15) is 0 Å². The molecule has 1 aromatic rings. The van der Waals surface area contributed by atoms with Gasteiger partial charge in [0.25, 0.3) is 17.5 Å². The minimum absolute atomic E-state index is 0.0408. The minimum atomic E-state index is -0.616. The van der Waals surface area contributed by atoms with E-state index in [0.717, 1.165) is 17.2 Å². The molecule has 1 aromatic carbocycles. The number of carbonyl (C=O) groups excluding carboxylic acids is 2. The van der Waals surface area contributed by atoms with Crippen molar-refractivity contribution < 1.29 is 14.5 Å². The Morgan fingerprint density at radius 3 is 2.44 bits per heavy atom. The van der Waals surface area contributed by atoms with Crippen LogP contribution in [0.25, 0.3) is 0 Å². The highest BCUT2D eigenvalue weighted by Crippen LogP contribution is 2.26. The van der Waals surface area contributed by atoms with E-state index in [4.69, 9.17) is 0 Å². The van der Waals surface area contributed by atoms with Gasteiger partial charge in [-0.2, -0.15) is 0 Å². The lowest BCUT2D eigenvalue weighted by Gasteiger charge is -2.04. The highest BCUT2D eigenvalue weighted by Gasteiger charge is 2.35. The van der Waals surface area contributed by atoms with Crippen LogP contribution in [0.4, 0.5) is 5.69 Å². The van der Waals surface area contributed by atoms with E-state index in [1.165, 1.54) is 12.1 Å². The van der Waals surface area contributed by atoms with Crippen molar-refractivity contribution in [2.75, 3.05) is 0 Å². The fraction of sp³-hybridized carbons (Fsp3) is 0. The molecule has 6 nitrogen and oxygen atoms in total. The molecule has 0 saturated carbocycles. The summed E-state index contributed by atoms with van der Waals surface area (Å²) in [6.45, 7) is 3.33. The number of nitrogens with zero attached hydrogens (tertiary/aromatic N) is 2. The Hall–Kier alpha value is -2.50. The summed E-state index contributed by atoms with van der Waals surface area (Å²) in [7, 11) is 0. The van der Waals surface area contributed by atoms with Crippen LogP contribution in [0.3, 0.4) is 0 Å². The van der Waals surface area contributed by atoms with Crippen molar-refractivity contribution in [3.8, 4) is 0 Å². The zero-order chi connectivity index (χ0) is 11.9. The molecule has 6 heteroatoms. The van der Waals surface area contributed by atoms with Gasteiger partial charge in [0, 0.05) is 18.3 Å². The molecule has 0 unspecified atom stereocenters. The van der Waals surface area contributed by atoms with Crippen LogP contribution in [0.15, 0.2) is 31.0 Å². The monoisotopic (exact) mass is 218 g/mol. The molecule has 0 radical (unpaired) electrons. The van der Waals surface area contributed by atoms with Gasteiger partial charge in [-0.3, -0.25) is 19.7 Å². The maximum absolute atomic E-state index is 11.6. The number of carbonyl (C=O) groups is 2. The van der Waals surface area contributed by atoms with Gasteiger partial charge in [-0.05, 0) is 6.07 Å². The average molecular weight is 218 g/mol. The molecular weight excluding hydrogens is 212 g/mol. The Morgan fingerprint density at radius 2 is 1.88 bits per heavy atom. The lowest BCUT2D eigenvalue weighted by Crippen LogP contribution is -2.22. The van der Waals surface area contributed by atoms with Crippen LogP contribution < -0.4 is 0 Å². The predicted octanol–water partition coefficient (Wildman–Crippen LogP) is 1.33. The van der Waals surface area contributed by atoms with E-state index < -0.39 is 16.7 Å². The molecule has 0 aliphatic carbocycles. The smallest absolute Gasteiger partial charge is 0.268 e. The van der Waals surface area contributed by atoms with Gasteiger partial charge in [0.15, 0.2) is 0 Å². The van der Waals surface area contributed by atoms with E-state index in [0.29, 0.717) is 0 Å². The SMILES string of the molecule is C=CN1C(=O)c2ccc([N+](=O)[O-])cc2C1=O. The van der Waals surface area contributed by atoms with Crippen LogP contribution in [0.5, 0.6) is 0 Å². The van der Waals surface area contributed by atoms with Crippen molar-refractivity contribution in [3.63, 3.8) is 0 Å². The molecule has 2 rings (SSSR count). The Bertz CT molecular complexity index is 536. The molecule has 1 aliphatic rings. The van der Waals surface area contributed by atoms with Crippen molar-refractivity contribution >= 4 is 17.5 Å². The number of nitro groups is 1. The maximum Gasteiger partial charge on any atom is 0.270 e. The summed E-state index contributed by atoms with van der Waals surface area (Å²) in [5, 5.41) is 10.5. The number of nitro benzene ring substituents is 1. The maximum atomic E-state index is 11.6. The van der Waals surface area contributed by atoms with E-state index in [2.05, 4.69) is 6.58 Å². The van der Waals surface area contributed by atoms with Crippen LogP contribution >= 0.6 is 0 Å². The van der Waals surface area contributed by atoms with Gasteiger partial charge in [-0.1, -0.05) is 6.58 Å². The first-order valence-corrected chi connectivity index (χ1v) is 4.35. The molecule has 80 valence electrons. The Morgan fingerprint density at radius 1 is 1.25 bits per heavy atom. The van der Waals surface area contributed by atoms with Gasteiger partial charge in [0.05, 0.1) is 16.1 Å². The summed E-state index contributed by atoms with van der Waals surface area (Å²) in [5.41, 5.74) is -0.0135. The Labute approximate surface area is 89.9 Å². The molecule has 0 bridgehead atoms. The molecule has 0 fully saturated rings. The van der Waals surface area contributed by atoms with E-state index in [-0.39, 0.29) is 16.8 Å². The fourth-order valence-corrected chi connectivity index (χ4v) is 1.53. The second-order valence-corrected chi connectivity index (χ2v) is 3.15. The standard InChI is InChI=1S/C10H6N2O4/c1-2-11-9(13)7-4-3-6(12(15)16)5-8(7)10(11)14/h2-5H,1H2. The van der Waals surface area contributed by atoms with E-state index in [9.17, 15) is 19.7 Å². The summed E-state index contributed by atoms with van der Waals surface area (Å²) < 4.78 is 0. The predicted molar refractivity (Wildman–Crippen MR) is 53.8 cm³/mol. The third kappa shape index (κ3) is 1.20. The van der Waals surface area contributed by atoms with Gasteiger partial charge >= 0.3 is 0 Å². The normalized spacial score (nSPS) is 13.9. The Kier molecular flexibility index (Phi) is 2.05. The van der Waals surface area contributed by atoms with Crippen LogP contribution in [-0.4, -0.2) is 21.6 Å². The van der Waals surface area contributed by atoms with Gasteiger partial charge in [-0.25, -0.2) is 4.90 Å². The highest BCUT2D eigenvalue weighted by molar-refractivity contribution is 6.22. The molecule has 0 atom stereocenters. The molecule has 2 amide bonds.